The number of nitrogens with one attached hydrogen (secondary N) is 1. The molecule has 2 rings (SSSR count). The fourth-order valence-corrected chi connectivity index (χ4v) is 1.96. The molecule has 7 nitrogen and oxygen atoms in total. The predicted octanol–water partition coefficient (Wildman–Crippen LogP) is 0.780. The molecule has 0 saturated carbocycles. The third kappa shape index (κ3) is 7.82. The number of aliphatic carboxylic acids is 2. The van der Waals surface area contributed by atoms with E-state index in [0.29, 0.717) is 0 Å². The molecule has 3 N–H and O–H groups in total. The van der Waals surface area contributed by atoms with Crippen LogP contribution >= 0.6 is 11.6 Å². The second kappa shape index (κ2) is 9.99. The van der Waals surface area contributed by atoms with Crippen LogP contribution in [0.2, 0.25) is 5.02 Å². The lowest BCUT2D eigenvalue weighted by Gasteiger charge is -2.26. The molecular formula is C14H19ClN2O5. The van der Waals surface area contributed by atoms with Crippen molar-refractivity contribution in [3.8, 4) is 5.75 Å². The topological polar surface area (TPSA) is 99.1 Å². The van der Waals surface area contributed by atoms with Crippen LogP contribution in [-0.4, -0.2) is 66.4 Å². The van der Waals surface area contributed by atoms with Crippen LogP contribution < -0.4 is 10.1 Å². The number of hydrogen-bond donors (Lipinski definition) is 3. The molecule has 1 aliphatic rings. The molecule has 0 radical (unpaired) electrons. The van der Waals surface area contributed by atoms with Crippen LogP contribution in [0, 0.1) is 0 Å². The van der Waals surface area contributed by atoms with Crippen molar-refractivity contribution in [1.29, 1.82) is 0 Å². The molecule has 0 amide bonds. The molecule has 122 valence electrons. The molecular weight excluding hydrogens is 312 g/mol. The number of hydrogen-bond acceptors (Lipinski definition) is 5. The van der Waals surface area contributed by atoms with E-state index in [9.17, 15) is 0 Å². The van der Waals surface area contributed by atoms with E-state index in [2.05, 4.69) is 10.2 Å². The van der Waals surface area contributed by atoms with E-state index >= 15 is 0 Å². The van der Waals surface area contributed by atoms with Crippen molar-refractivity contribution >= 4 is 23.5 Å². The van der Waals surface area contributed by atoms with Gasteiger partial charge in [-0.05, 0) is 18.2 Å². The van der Waals surface area contributed by atoms with Gasteiger partial charge in [-0.15, -0.1) is 0 Å². The minimum absolute atomic E-state index is 0.722. The van der Waals surface area contributed by atoms with Crippen LogP contribution in [-0.2, 0) is 9.59 Å². The maximum absolute atomic E-state index is 9.10. The Kier molecular flexibility index (Phi) is 8.27. The SMILES string of the molecule is Clc1cccc(OCCN2CCNCC2)c1.O=C(O)C(=O)O. The van der Waals surface area contributed by atoms with Crippen molar-refractivity contribution in [2.75, 3.05) is 39.3 Å². The molecule has 1 aromatic carbocycles. The molecule has 0 aromatic heterocycles. The van der Waals surface area contributed by atoms with Gasteiger partial charge in [0, 0.05) is 37.7 Å². The van der Waals surface area contributed by atoms with Crippen molar-refractivity contribution in [1.82, 2.24) is 10.2 Å². The van der Waals surface area contributed by atoms with Gasteiger partial charge in [0.05, 0.1) is 0 Å². The van der Waals surface area contributed by atoms with Gasteiger partial charge in [-0.1, -0.05) is 17.7 Å². The number of carbonyl (C=O) groups is 2. The number of rotatable bonds is 4. The van der Waals surface area contributed by atoms with E-state index < -0.39 is 11.9 Å². The Balaban J connectivity index is 0.000000346. The lowest BCUT2D eigenvalue weighted by atomic mass is 10.3. The molecule has 22 heavy (non-hydrogen) atoms. The summed E-state index contributed by atoms with van der Waals surface area (Å²) in [4.78, 5) is 20.6. The first-order valence-corrected chi connectivity index (χ1v) is 7.14. The second-order valence-electron chi connectivity index (χ2n) is 4.51. The Morgan fingerprint density at radius 1 is 1.23 bits per heavy atom. The van der Waals surface area contributed by atoms with E-state index in [1.54, 1.807) is 0 Å². The molecule has 8 heteroatoms. The van der Waals surface area contributed by atoms with Gasteiger partial charge in [-0.25, -0.2) is 9.59 Å². The van der Waals surface area contributed by atoms with Crippen LogP contribution in [0.1, 0.15) is 0 Å². The average molecular weight is 331 g/mol. The van der Waals surface area contributed by atoms with Gasteiger partial charge < -0.3 is 20.3 Å². The van der Waals surface area contributed by atoms with Crippen molar-refractivity contribution in [3.63, 3.8) is 0 Å². The third-order valence-corrected chi connectivity index (χ3v) is 3.10. The first kappa shape index (κ1) is 18.2. The normalized spacial score (nSPS) is 14.6. The van der Waals surface area contributed by atoms with Gasteiger partial charge in [0.15, 0.2) is 0 Å². The van der Waals surface area contributed by atoms with Gasteiger partial charge in [0.2, 0.25) is 0 Å². The van der Waals surface area contributed by atoms with Crippen LogP contribution in [0.25, 0.3) is 0 Å². The Morgan fingerprint density at radius 2 is 1.86 bits per heavy atom. The highest BCUT2D eigenvalue weighted by Crippen LogP contribution is 2.16. The van der Waals surface area contributed by atoms with Crippen LogP contribution in [0.5, 0.6) is 5.75 Å². The number of piperazine rings is 1. The summed E-state index contributed by atoms with van der Waals surface area (Å²) >= 11 is 5.87. The second-order valence-corrected chi connectivity index (χ2v) is 4.94. The predicted molar refractivity (Wildman–Crippen MR) is 81.5 cm³/mol. The smallest absolute Gasteiger partial charge is 0.414 e. The summed E-state index contributed by atoms with van der Waals surface area (Å²) in [6.45, 7) is 6.08. The van der Waals surface area contributed by atoms with E-state index in [1.165, 1.54) is 0 Å². The van der Waals surface area contributed by atoms with Gasteiger partial charge >= 0.3 is 11.9 Å². The molecule has 0 atom stereocenters. The van der Waals surface area contributed by atoms with Crippen molar-refractivity contribution in [2.45, 2.75) is 0 Å². The van der Waals surface area contributed by atoms with E-state index in [1.807, 2.05) is 24.3 Å². The maximum Gasteiger partial charge on any atom is 0.414 e. The monoisotopic (exact) mass is 330 g/mol. The molecule has 1 aliphatic heterocycles. The summed E-state index contributed by atoms with van der Waals surface area (Å²) in [7, 11) is 0. The van der Waals surface area contributed by atoms with Crippen molar-refractivity contribution in [2.24, 2.45) is 0 Å². The quantitative estimate of drug-likeness (QED) is 0.701. The zero-order valence-electron chi connectivity index (χ0n) is 12.0. The Labute approximate surface area is 133 Å². The number of carboxylic acids is 2. The molecule has 1 saturated heterocycles. The van der Waals surface area contributed by atoms with E-state index in [0.717, 1.165) is 50.1 Å². The van der Waals surface area contributed by atoms with Crippen molar-refractivity contribution in [3.05, 3.63) is 29.3 Å². The highest BCUT2D eigenvalue weighted by Gasteiger charge is 2.08. The van der Waals surface area contributed by atoms with Gasteiger partial charge in [0.1, 0.15) is 12.4 Å². The number of carboxylic acid groups (broad SMARTS) is 2. The summed E-state index contributed by atoms with van der Waals surface area (Å²) in [5.74, 6) is -2.80. The maximum atomic E-state index is 9.10. The molecule has 1 aromatic rings. The zero-order chi connectivity index (χ0) is 16.4. The summed E-state index contributed by atoms with van der Waals surface area (Å²) in [6.07, 6.45) is 0. The molecule has 1 fully saturated rings. The summed E-state index contributed by atoms with van der Waals surface area (Å²) in [6, 6.07) is 7.54. The summed E-state index contributed by atoms with van der Waals surface area (Å²) < 4.78 is 5.64. The first-order chi connectivity index (χ1) is 10.5. The first-order valence-electron chi connectivity index (χ1n) is 6.76. The zero-order valence-corrected chi connectivity index (χ0v) is 12.8. The Morgan fingerprint density at radius 3 is 2.41 bits per heavy atom. The molecule has 0 unspecified atom stereocenters. The number of benzene rings is 1. The summed E-state index contributed by atoms with van der Waals surface area (Å²) in [5.41, 5.74) is 0. The fourth-order valence-electron chi connectivity index (χ4n) is 1.78. The molecule has 0 spiro atoms. The minimum atomic E-state index is -1.82. The van der Waals surface area contributed by atoms with Gasteiger partial charge in [-0.3, -0.25) is 4.90 Å². The largest absolute Gasteiger partial charge is 0.492 e. The number of halogens is 1. The van der Waals surface area contributed by atoms with Crippen molar-refractivity contribution < 1.29 is 24.5 Å². The van der Waals surface area contributed by atoms with Crippen LogP contribution in [0.15, 0.2) is 24.3 Å². The highest BCUT2D eigenvalue weighted by atomic mass is 35.5. The van der Waals surface area contributed by atoms with E-state index in [4.69, 9.17) is 36.1 Å². The van der Waals surface area contributed by atoms with Gasteiger partial charge in [0.25, 0.3) is 0 Å². The molecule has 0 bridgehead atoms. The fraction of sp³-hybridized carbons (Fsp3) is 0.429. The summed E-state index contributed by atoms with van der Waals surface area (Å²) in [5, 5.41) is 18.8. The van der Waals surface area contributed by atoms with E-state index in [-0.39, 0.29) is 0 Å². The number of ether oxygens (including phenoxy) is 1. The third-order valence-electron chi connectivity index (χ3n) is 2.86. The molecule has 1 heterocycles. The Hall–Kier alpha value is -1.83. The molecule has 0 aliphatic carbocycles. The standard InChI is InChI=1S/C12H17ClN2O.C2H2O4/c13-11-2-1-3-12(10-11)16-9-8-15-6-4-14-5-7-15;3-1(4)2(5)6/h1-3,10,14H,4-9H2;(H,3,4)(H,5,6). The van der Waals surface area contributed by atoms with Crippen LogP contribution in [0.3, 0.4) is 0 Å². The minimum Gasteiger partial charge on any atom is -0.492 e. The average Bonchev–Trinajstić information content (AvgIpc) is 2.49. The lowest BCUT2D eigenvalue weighted by molar-refractivity contribution is -0.159. The van der Waals surface area contributed by atoms with Crippen LogP contribution in [0.4, 0.5) is 0 Å². The van der Waals surface area contributed by atoms with Gasteiger partial charge in [-0.2, -0.15) is 0 Å². The number of nitrogens with zero attached hydrogens (tertiary/aromatic N) is 1. The highest BCUT2D eigenvalue weighted by molar-refractivity contribution is 6.30. The lowest BCUT2D eigenvalue weighted by Crippen LogP contribution is -2.44. The Bertz CT molecular complexity index is 480.